The second kappa shape index (κ2) is 6.77. The Morgan fingerprint density at radius 2 is 0.853 bits per heavy atom. The van der Waals surface area contributed by atoms with Crippen LogP contribution in [0.2, 0.25) is 0 Å². The molecule has 4 bridgehead atoms. The molecule has 178 valence electrons. The first-order valence-electron chi connectivity index (χ1n) is 12.2. The molecule has 6 nitrogen and oxygen atoms in total. The zero-order valence-electron chi connectivity index (χ0n) is 20.6. The van der Waals surface area contributed by atoms with Crippen LogP contribution in [0.5, 0.6) is 0 Å². The second-order valence-electron chi connectivity index (χ2n) is 12.0. The summed E-state index contributed by atoms with van der Waals surface area (Å²) in [7, 11) is 0. The lowest BCUT2D eigenvalue weighted by molar-refractivity contribution is 0.00161. The summed E-state index contributed by atoms with van der Waals surface area (Å²) < 4.78 is 11.8. The summed E-state index contributed by atoms with van der Waals surface area (Å²) in [4.78, 5) is 31.0. The largest absolute Gasteiger partial charge is 0.444 e. The molecule has 2 aromatic rings. The number of benzene rings is 2. The van der Waals surface area contributed by atoms with E-state index in [0.717, 1.165) is 0 Å². The van der Waals surface area contributed by atoms with Gasteiger partial charge in [0, 0.05) is 11.8 Å². The van der Waals surface area contributed by atoms with Crippen molar-refractivity contribution in [3.63, 3.8) is 0 Å². The molecule has 34 heavy (non-hydrogen) atoms. The van der Waals surface area contributed by atoms with Gasteiger partial charge in [-0.2, -0.15) is 0 Å². The topological polar surface area (TPSA) is 59.1 Å². The minimum atomic E-state index is -0.578. The third kappa shape index (κ3) is 2.87. The van der Waals surface area contributed by atoms with Gasteiger partial charge in [-0.15, -0.1) is 0 Å². The molecular formula is C28H32N2O4. The monoisotopic (exact) mass is 460 g/mol. The molecule has 4 heterocycles. The van der Waals surface area contributed by atoms with Gasteiger partial charge >= 0.3 is 12.2 Å². The first-order chi connectivity index (χ1) is 16.0. The average molecular weight is 461 g/mol. The Morgan fingerprint density at radius 3 is 1.09 bits per heavy atom. The van der Waals surface area contributed by atoms with Crippen molar-refractivity contribution in [2.45, 2.75) is 76.9 Å². The van der Waals surface area contributed by atoms with Crippen LogP contribution < -0.4 is 0 Å². The first-order valence-corrected chi connectivity index (χ1v) is 12.2. The van der Waals surface area contributed by atoms with Crippen LogP contribution in [0.25, 0.3) is 0 Å². The molecule has 0 saturated carbocycles. The van der Waals surface area contributed by atoms with E-state index in [2.05, 4.69) is 24.3 Å². The van der Waals surface area contributed by atoms with Crippen molar-refractivity contribution in [1.29, 1.82) is 0 Å². The molecule has 2 saturated heterocycles. The zero-order chi connectivity index (χ0) is 24.2. The van der Waals surface area contributed by atoms with Crippen molar-refractivity contribution < 1.29 is 19.1 Å². The molecule has 0 radical (unpaired) electrons. The summed E-state index contributed by atoms with van der Waals surface area (Å²) in [6.45, 7) is 11.4. The van der Waals surface area contributed by atoms with Gasteiger partial charge in [-0.1, -0.05) is 48.5 Å². The highest BCUT2D eigenvalue weighted by Crippen LogP contribution is 2.74. The van der Waals surface area contributed by atoms with E-state index in [0.29, 0.717) is 0 Å². The van der Waals surface area contributed by atoms with Gasteiger partial charge in [-0.3, -0.25) is 9.80 Å². The third-order valence-corrected chi connectivity index (χ3v) is 7.58. The Morgan fingerprint density at radius 1 is 0.588 bits per heavy atom. The fourth-order valence-corrected chi connectivity index (χ4v) is 6.89. The number of carbonyl (C=O) groups is 2. The number of amides is 2. The van der Waals surface area contributed by atoms with E-state index >= 15 is 0 Å². The Labute approximate surface area is 200 Å². The van der Waals surface area contributed by atoms with Crippen molar-refractivity contribution in [3.8, 4) is 0 Å². The Balaban J connectivity index is 1.48. The molecule has 2 amide bonds. The predicted molar refractivity (Wildman–Crippen MR) is 127 cm³/mol. The minimum absolute atomic E-state index is 0.0971. The lowest BCUT2D eigenvalue weighted by Crippen LogP contribution is -2.40. The first kappa shape index (κ1) is 21.5. The molecule has 4 atom stereocenters. The van der Waals surface area contributed by atoms with Crippen LogP contribution in [-0.2, 0) is 9.47 Å². The number of hydrogen-bond donors (Lipinski definition) is 0. The van der Waals surface area contributed by atoms with Crippen molar-refractivity contribution in [1.82, 2.24) is 9.80 Å². The third-order valence-electron chi connectivity index (χ3n) is 7.58. The Kier molecular flexibility index (Phi) is 4.28. The number of fused-ring (bicyclic) bond motifs is 15. The van der Waals surface area contributed by atoms with Crippen molar-refractivity contribution >= 4 is 12.2 Å². The van der Waals surface area contributed by atoms with E-state index in [9.17, 15) is 9.59 Å². The maximum atomic E-state index is 13.5. The molecule has 6 rings (SSSR count). The fourth-order valence-electron chi connectivity index (χ4n) is 6.89. The number of hydrogen-bond acceptors (Lipinski definition) is 4. The molecule has 0 unspecified atom stereocenters. The van der Waals surface area contributed by atoms with Crippen LogP contribution >= 0.6 is 0 Å². The summed E-state index contributed by atoms with van der Waals surface area (Å²) >= 11 is 0. The van der Waals surface area contributed by atoms with E-state index in [1.807, 2.05) is 75.6 Å². The lowest BCUT2D eigenvalue weighted by Gasteiger charge is -2.33. The molecular weight excluding hydrogens is 428 g/mol. The molecule has 4 aliphatic rings. The second-order valence-corrected chi connectivity index (χ2v) is 12.0. The zero-order valence-corrected chi connectivity index (χ0v) is 20.6. The molecule has 2 fully saturated rings. The van der Waals surface area contributed by atoms with Crippen LogP contribution in [-0.4, -0.2) is 33.2 Å². The number of nitrogens with zero attached hydrogens (tertiary/aromatic N) is 2. The average Bonchev–Trinajstić information content (AvgIpc) is 3.44. The van der Waals surface area contributed by atoms with Crippen LogP contribution in [0.1, 0.15) is 88.0 Å². The number of carbonyl (C=O) groups excluding carboxylic acids is 2. The van der Waals surface area contributed by atoms with Crippen molar-refractivity contribution in [2.75, 3.05) is 0 Å². The van der Waals surface area contributed by atoms with E-state index in [1.54, 1.807) is 0 Å². The Bertz CT molecular complexity index is 1040. The van der Waals surface area contributed by atoms with Crippen molar-refractivity contribution in [2.24, 2.45) is 11.8 Å². The summed E-state index contributed by atoms with van der Waals surface area (Å²) in [5.41, 5.74) is 3.54. The molecule has 0 aliphatic carbocycles. The molecule has 6 heteroatoms. The van der Waals surface area contributed by atoms with Gasteiger partial charge in [-0.25, -0.2) is 9.59 Å². The van der Waals surface area contributed by atoms with Gasteiger partial charge in [0.05, 0.1) is 24.2 Å². The van der Waals surface area contributed by atoms with E-state index < -0.39 is 11.2 Å². The summed E-state index contributed by atoms with van der Waals surface area (Å²) in [6.07, 6.45) is -0.555. The van der Waals surface area contributed by atoms with Gasteiger partial charge in [0.1, 0.15) is 11.2 Å². The normalized spacial score (nSPS) is 30.2. The summed E-state index contributed by atoms with van der Waals surface area (Å²) in [5, 5.41) is 0. The minimum Gasteiger partial charge on any atom is -0.444 e. The highest BCUT2D eigenvalue weighted by Gasteiger charge is 2.71. The van der Waals surface area contributed by atoms with Crippen LogP contribution in [0.4, 0.5) is 9.59 Å². The van der Waals surface area contributed by atoms with Gasteiger partial charge in [0.25, 0.3) is 0 Å². The molecule has 4 aliphatic heterocycles. The maximum Gasteiger partial charge on any atom is 0.411 e. The number of ether oxygens (including phenoxy) is 2. The summed E-state index contributed by atoms with van der Waals surface area (Å²) in [6, 6.07) is 16.1. The SMILES string of the molecule is CC(C)(C)OC(=O)N1[C@@H]2c3ccccc3[C@H]1C1C2[C@H]2c3ccccc3[C@@H]1N2C(=O)OC(C)(C)C. The lowest BCUT2D eigenvalue weighted by atomic mass is 9.67. The van der Waals surface area contributed by atoms with Gasteiger partial charge < -0.3 is 9.47 Å². The van der Waals surface area contributed by atoms with Gasteiger partial charge in [-0.05, 0) is 63.8 Å². The van der Waals surface area contributed by atoms with Crippen LogP contribution in [0, 0.1) is 11.8 Å². The highest BCUT2D eigenvalue weighted by molar-refractivity contribution is 5.76. The van der Waals surface area contributed by atoms with Gasteiger partial charge in [0.15, 0.2) is 0 Å². The van der Waals surface area contributed by atoms with Crippen LogP contribution in [0.15, 0.2) is 48.5 Å². The fraction of sp³-hybridized carbons (Fsp3) is 0.500. The smallest absolute Gasteiger partial charge is 0.411 e. The summed E-state index contributed by atoms with van der Waals surface area (Å²) in [5.74, 6) is 0.194. The van der Waals surface area contributed by atoms with Gasteiger partial charge in [0.2, 0.25) is 0 Å². The molecule has 0 aromatic heterocycles. The van der Waals surface area contributed by atoms with Crippen LogP contribution in [0.3, 0.4) is 0 Å². The van der Waals surface area contributed by atoms with Crippen molar-refractivity contribution in [3.05, 3.63) is 70.8 Å². The van der Waals surface area contributed by atoms with E-state index in [-0.39, 0.29) is 48.2 Å². The molecule has 0 N–H and O–H groups in total. The number of rotatable bonds is 0. The molecule has 2 aromatic carbocycles. The Hall–Kier alpha value is -3.02. The van der Waals surface area contributed by atoms with E-state index in [4.69, 9.17) is 9.47 Å². The quantitative estimate of drug-likeness (QED) is 0.462. The predicted octanol–water partition coefficient (Wildman–Crippen LogP) is 6.31. The highest BCUT2D eigenvalue weighted by atomic mass is 16.6. The standard InChI is InChI=1S/C28H32N2O4/c1-27(2,3)33-25(31)29-21-15-11-7-8-12-16(15)22(29)20-19(21)23-17-13-9-10-14-18(17)24(20)30(23)26(32)34-28(4,5)6/h7-14,19-24H,1-6H3/t19?,20?,21-,22+,23-,24+. The molecule has 0 spiro atoms. The maximum absolute atomic E-state index is 13.5. The van der Waals surface area contributed by atoms with E-state index in [1.165, 1.54) is 22.3 Å².